The minimum absolute atomic E-state index is 0.338. The molecule has 0 saturated carbocycles. The number of hydrogen-bond donors (Lipinski definition) is 0. The second kappa shape index (κ2) is 13.1. The maximum atomic E-state index is 2.82. The van der Waals surface area contributed by atoms with E-state index >= 15 is 0 Å². The van der Waals surface area contributed by atoms with Gasteiger partial charge in [0.1, 0.15) is 0 Å². The topological polar surface area (TPSA) is 6.48 Å². The van der Waals surface area contributed by atoms with Crippen LogP contribution in [0.4, 0.5) is 11.4 Å². The van der Waals surface area contributed by atoms with Gasteiger partial charge in [-0.2, -0.15) is 0 Å². The quantitative estimate of drug-likeness (QED) is 0.290. The molecule has 2 aromatic rings. The van der Waals surface area contributed by atoms with E-state index in [-0.39, 0.29) is 0 Å². The number of hydrogen-bond acceptors (Lipinski definition) is 2. The van der Waals surface area contributed by atoms with Crippen molar-refractivity contribution in [3.8, 4) is 0 Å². The molecule has 10 rings (SSSR count). The molecule has 0 N–H and O–H groups in total. The van der Waals surface area contributed by atoms with Crippen LogP contribution >= 0.6 is 0 Å². The summed E-state index contributed by atoms with van der Waals surface area (Å²) in [6.07, 6.45) is 43.4. The van der Waals surface area contributed by atoms with E-state index in [0.717, 1.165) is 32.1 Å². The molecule has 8 atom stereocenters. The molecule has 0 radical (unpaired) electrons. The van der Waals surface area contributed by atoms with Crippen LogP contribution < -0.4 is 9.80 Å². The lowest BCUT2D eigenvalue weighted by atomic mass is 9.70. The number of rotatable bonds is 5. The van der Waals surface area contributed by atoms with Gasteiger partial charge < -0.3 is 9.80 Å². The van der Waals surface area contributed by atoms with Crippen molar-refractivity contribution in [1.29, 1.82) is 0 Å². The van der Waals surface area contributed by atoms with Crippen molar-refractivity contribution in [2.45, 2.75) is 89.1 Å². The highest BCUT2D eigenvalue weighted by Gasteiger charge is 2.48. The molecule has 0 aromatic heterocycles. The molecular weight excluding hydrogens is 629 g/mol. The lowest BCUT2D eigenvalue weighted by Crippen LogP contribution is -2.43. The molecule has 2 aromatic carbocycles. The van der Waals surface area contributed by atoms with Crippen molar-refractivity contribution in [3.05, 3.63) is 178 Å². The van der Waals surface area contributed by atoms with Crippen LogP contribution in [0.5, 0.6) is 0 Å². The summed E-state index contributed by atoms with van der Waals surface area (Å²) >= 11 is 0. The van der Waals surface area contributed by atoms with Crippen LogP contribution in [0.2, 0.25) is 0 Å². The summed E-state index contributed by atoms with van der Waals surface area (Å²) in [6.45, 7) is 4.91. The molecule has 2 heterocycles. The number of anilines is 2. The SMILES string of the molecule is CC1CC=CC=C1C1=CCCC(N2c3ccccc3C3C=CCC(C4=CC5=C(CC4C)N(c4cccc(C6C=CCCC6)c4)C4C=CC=CC54)C32)=C1. The molecule has 0 fully saturated rings. The first-order valence-electron chi connectivity index (χ1n) is 20.3. The summed E-state index contributed by atoms with van der Waals surface area (Å²) in [4.78, 5) is 5.54. The van der Waals surface area contributed by atoms with Crippen molar-refractivity contribution in [3.63, 3.8) is 0 Å². The number of fused-ring (bicyclic) bond motifs is 5. The van der Waals surface area contributed by atoms with Crippen LogP contribution in [0.1, 0.15) is 88.2 Å². The maximum absolute atomic E-state index is 2.82. The maximum Gasteiger partial charge on any atom is 0.0626 e. The summed E-state index contributed by atoms with van der Waals surface area (Å²) in [5.74, 6) is 2.85. The Hall–Kier alpha value is -4.56. The van der Waals surface area contributed by atoms with Crippen LogP contribution in [0.15, 0.2) is 167 Å². The lowest BCUT2D eigenvalue weighted by molar-refractivity contribution is 0.396. The minimum atomic E-state index is 0.338. The van der Waals surface area contributed by atoms with E-state index in [1.165, 1.54) is 58.6 Å². The highest BCUT2D eigenvalue weighted by molar-refractivity contribution is 5.70. The van der Waals surface area contributed by atoms with E-state index in [0.29, 0.717) is 47.6 Å². The monoisotopic (exact) mass is 680 g/mol. The molecule has 2 aliphatic heterocycles. The Morgan fingerprint density at radius 1 is 0.750 bits per heavy atom. The number of allylic oxidation sites excluding steroid dienone is 15. The molecular formula is C50H52N2. The predicted molar refractivity (Wildman–Crippen MR) is 218 cm³/mol. The molecule has 52 heavy (non-hydrogen) atoms. The molecule has 2 nitrogen and oxygen atoms in total. The van der Waals surface area contributed by atoms with Gasteiger partial charge >= 0.3 is 0 Å². The van der Waals surface area contributed by atoms with Crippen LogP contribution in [0.3, 0.4) is 0 Å². The van der Waals surface area contributed by atoms with Crippen LogP contribution in [0.25, 0.3) is 0 Å². The molecule has 262 valence electrons. The third kappa shape index (κ3) is 5.27. The Balaban J connectivity index is 1.04. The molecule has 0 spiro atoms. The van der Waals surface area contributed by atoms with Gasteiger partial charge in [-0.3, -0.25) is 0 Å². The Bertz CT molecular complexity index is 2090. The molecule has 8 aliphatic rings. The lowest BCUT2D eigenvalue weighted by Gasteiger charge is -2.43. The average Bonchev–Trinajstić information content (AvgIpc) is 3.71. The fourth-order valence-electron chi connectivity index (χ4n) is 11.1. The van der Waals surface area contributed by atoms with Crippen molar-refractivity contribution < 1.29 is 0 Å². The largest absolute Gasteiger partial charge is 0.340 e. The molecule has 6 aliphatic carbocycles. The Morgan fingerprint density at radius 3 is 2.58 bits per heavy atom. The first-order valence-corrected chi connectivity index (χ1v) is 20.3. The summed E-state index contributed by atoms with van der Waals surface area (Å²) in [5, 5.41) is 0. The van der Waals surface area contributed by atoms with E-state index < -0.39 is 0 Å². The normalized spacial score (nSPS) is 32.9. The van der Waals surface area contributed by atoms with Gasteiger partial charge in [0.15, 0.2) is 0 Å². The fourth-order valence-corrected chi connectivity index (χ4v) is 11.1. The molecule has 0 bridgehead atoms. The smallest absolute Gasteiger partial charge is 0.0626 e. The van der Waals surface area contributed by atoms with Gasteiger partial charge in [-0.15, -0.1) is 0 Å². The molecule has 8 unspecified atom stereocenters. The first-order chi connectivity index (χ1) is 25.6. The average molecular weight is 681 g/mol. The number of nitrogens with zero attached hydrogens (tertiary/aromatic N) is 2. The standard InChI is InChI=1S/C50H52N2/c1-33-15-6-7-22-40(33)37-19-13-21-39(31-37)52-48-28-11-8-23-41(48)43-25-14-26-44(50(43)52)45-32-46-42-24-9-10-27-47(42)51(49(46)29-34(45)2)38-20-12-18-36(30-38)35-16-4-3-5-17-35/h4,6-12,14,16,18-20,22-25,27-28,30-35,42-44,47,50H,3,5,13,15,17,21,26,29H2,1-2H3. The van der Waals surface area contributed by atoms with Gasteiger partial charge in [0, 0.05) is 46.4 Å². The molecule has 0 amide bonds. The molecule has 0 saturated heterocycles. The molecule has 2 heteroatoms. The fraction of sp³-hybridized carbons (Fsp3) is 0.360. The van der Waals surface area contributed by atoms with Gasteiger partial charge in [0.25, 0.3) is 0 Å². The third-order valence-corrected chi connectivity index (χ3v) is 13.6. The highest BCUT2D eigenvalue weighted by Crippen LogP contribution is 2.55. The van der Waals surface area contributed by atoms with Gasteiger partial charge in [0.05, 0.1) is 12.1 Å². The van der Waals surface area contributed by atoms with Crippen molar-refractivity contribution in [1.82, 2.24) is 0 Å². The van der Waals surface area contributed by atoms with E-state index in [1.54, 1.807) is 16.8 Å². The van der Waals surface area contributed by atoms with Crippen LogP contribution in [0, 0.1) is 23.7 Å². The Morgan fingerprint density at radius 2 is 1.67 bits per heavy atom. The van der Waals surface area contributed by atoms with Crippen LogP contribution in [-0.2, 0) is 0 Å². The van der Waals surface area contributed by atoms with Crippen molar-refractivity contribution >= 4 is 11.4 Å². The zero-order chi connectivity index (χ0) is 34.8. The van der Waals surface area contributed by atoms with E-state index in [2.05, 4.69) is 157 Å². The van der Waals surface area contributed by atoms with E-state index in [4.69, 9.17) is 0 Å². The summed E-state index contributed by atoms with van der Waals surface area (Å²) in [6, 6.07) is 19.6. The Labute approximate surface area is 311 Å². The van der Waals surface area contributed by atoms with Crippen molar-refractivity contribution in [2.75, 3.05) is 9.80 Å². The Kier molecular flexibility index (Phi) is 8.11. The van der Waals surface area contributed by atoms with Crippen molar-refractivity contribution in [2.24, 2.45) is 23.7 Å². The highest BCUT2D eigenvalue weighted by atomic mass is 15.2. The minimum Gasteiger partial charge on any atom is -0.340 e. The predicted octanol–water partition coefficient (Wildman–Crippen LogP) is 12.3. The number of benzene rings is 2. The first kappa shape index (κ1) is 32.1. The zero-order valence-electron chi connectivity index (χ0n) is 30.9. The third-order valence-electron chi connectivity index (χ3n) is 13.6. The van der Waals surface area contributed by atoms with Gasteiger partial charge in [-0.1, -0.05) is 129 Å². The van der Waals surface area contributed by atoms with E-state index in [9.17, 15) is 0 Å². The number of para-hydroxylation sites is 1. The zero-order valence-corrected chi connectivity index (χ0v) is 30.9. The van der Waals surface area contributed by atoms with E-state index in [1.807, 2.05) is 0 Å². The van der Waals surface area contributed by atoms with Crippen LogP contribution in [-0.4, -0.2) is 12.1 Å². The summed E-state index contributed by atoms with van der Waals surface area (Å²) in [5.41, 5.74) is 15.0. The van der Waals surface area contributed by atoms with Gasteiger partial charge in [-0.05, 0) is 115 Å². The van der Waals surface area contributed by atoms with Gasteiger partial charge in [-0.25, -0.2) is 0 Å². The second-order valence-corrected chi connectivity index (χ2v) is 16.6. The summed E-state index contributed by atoms with van der Waals surface area (Å²) in [7, 11) is 0. The van der Waals surface area contributed by atoms with Gasteiger partial charge in [0.2, 0.25) is 0 Å². The summed E-state index contributed by atoms with van der Waals surface area (Å²) < 4.78 is 0. The second-order valence-electron chi connectivity index (χ2n) is 16.6.